The highest BCUT2D eigenvalue weighted by Gasteiger charge is 2.23. The molecule has 5 heteroatoms. The van der Waals surface area contributed by atoms with E-state index in [1.54, 1.807) is 14.0 Å². The number of methoxy groups -OCH3 is 1. The fourth-order valence-corrected chi connectivity index (χ4v) is 3.49. The van der Waals surface area contributed by atoms with Crippen LogP contribution in [0.15, 0.2) is 0 Å². The zero-order valence-corrected chi connectivity index (χ0v) is 11.8. The Morgan fingerprint density at radius 1 is 1.28 bits per heavy atom. The van der Waals surface area contributed by atoms with Gasteiger partial charge in [-0.2, -0.15) is 0 Å². The van der Waals surface area contributed by atoms with Gasteiger partial charge >= 0.3 is 0 Å². The Kier molecular flexibility index (Phi) is 4.11. The van der Waals surface area contributed by atoms with E-state index in [9.17, 15) is 4.79 Å². The predicted molar refractivity (Wildman–Crippen MR) is 76.0 cm³/mol. The van der Waals surface area contributed by atoms with Crippen LogP contribution in [0.2, 0.25) is 0 Å². The summed E-state index contributed by atoms with van der Waals surface area (Å²) in [6, 6.07) is 0. The summed E-state index contributed by atoms with van der Waals surface area (Å²) in [5, 5.41) is 1.02. The molecule has 0 radical (unpaired) electrons. The third-order valence-electron chi connectivity index (χ3n) is 3.30. The van der Waals surface area contributed by atoms with Gasteiger partial charge in [0.2, 0.25) is 0 Å². The van der Waals surface area contributed by atoms with Gasteiger partial charge in [-0.25, -0.2) is 0 Å². The van der Waals surface area contributed by atoms with Crippen LogP contribution in [0, 0.1) is 0 Å². The Morgan fingerprint density at radius 3 is 2.39 bits per heavy atom. The van der Waals surface area contributed by atoms with Crippen LogP contribution in [0.5, 0.6) is 5.75 Å². The Balaban J connectivity index is 2.36. The first-order valence-electron chi connectivity index (χ1n) is 6.37. The van der Waals surface area contributed by atoms with Crippen LogP contribution in [0.4, 0.5) is 10.7 Å². The monoisotopic (exact) mass is 268 g/mol. The third kappa shape index (κ3) is 2.46. The highest BCUT2D eigenvalue weighted by atomic mass is 32.1. The number of nitrogens with zero attached hydrogens (tertiary/aromatic N) is 1. The molecule has 1 fully saturated rings. The molecule has 1 aromatic rings. The van der Waals surface area contributed by atoms with E-state index in [1.165, 1.54) is 37.0 Å². The molecular formula is C13H20N2O2S. The number of hydrogen-bond donors (Lipinski definition) is 1. The van der Waals surface area contributed by atoms with Crippen molar-refractivity contribution in [1.82, 2.24) is 0 Å². The maximum Gasteiger partial charge on any atom is 0.177 e. The zero-order valence-electron chi connectivity index (χ0n) is 11.0. The van der Waals surface area contributed by atoms with Crippen molar-refractivity contribution in [2.24, 2.45) is 0 Å². The van der Waals surface area contributed by atoms with Gasteiger partial charge in [0.25, 0.3) is 0 Å². The number of nitrogen functional groups attached to an aromatic ring is 1. The van der Waals surface area contributed by atoms with Gasteiger partial charge in [0.15, 0.2) is 11.5 Å². The summed E-state index contributed by atoms with van der Waals surface area (Å²) in [6.07, 6.45) is 4.94. The highest BCUT2D eigenvalue weighted by Crippen LogP contribution is 2.45. The molecule has 0 atom stereocenters. The highest BCUT2D eigenvalue weighted by molar-refractivity contribution is 7.19. The molecule has 0 amide bonds. The number of rotatable bonds is 3. The van der Waals surface area contributed by atoms with E-state index in [2.05, 4.69) is 4.90 Å². The molecule has 0 saturated carbocycles. The predicted octanol–water partition coefficient (Wildman–Crippen LogP) is 2.92. The lowest BCUT2D eigenvalue weighted by atomic mass is 10.2. The maximum atomic E-state index is 11.6. The molecule has 4 nitrogen and oxygen atoms in total. The van der Waals surface area contributed by atoms with Crippen molar-refractivity contribution in [1.29, 1.82) is 0 Å². The SMILES string of the molecule is COc1c(N2CCCCCC2)sc(C(C)=O)c1N. The van der Waals surface area contributed by atoms with E-state index < -0.39 is 0 Å². The first kappa shape index (κ1) is 13.2. The molecule has 2 heterocycles. The molecule has 0 unspecified atom stereocenters. The topological polar surface area (TPSA) is 55.6 Å². The van der Waals surface area contributed by atoms with Gasteiger partial charge in [0, 0.05) is 20.0 Å². The summed E-state index contributed by atoms with van der Waals surface area (Å²) >= 11 is 1.46. The zero-order chi connectivity index (χ0) is 13.1. The Labute approximate surface area is 112 Å². The lowest BCUT2D eigenvalue weighted by molar-refractivity contribution is 0.102. The third-order valence-corrected chi connectivity index (χ3v) is 4.65. The molecule has 0 aliphatic carbocycles. The van der Waals surface area contributed by atoms with Crippen LogP contribution in [0.3, 0.4) is 0 Å². The summed E-state index contributed by atoms with van der Waals surface area (Å²) in [4.78, 5) is 14.5. The van der Waals surface area contributed by atoms with E-state index in [-0.39, 0.29) is 5.78 Å². The van der Waals surface area contributed by atoms with E-state index in [0.717, 1.165) is 18.1 Å². The lowest BCUT2D eigenvalue weighted by Gasteiger charge is -2.21. The fraction of sp³-hybridized carbons (Fsp3) is 0.615. The molecular weight excluding hydrogens is 248 g/mol. The van der Waals surface area contributed by atoms with Crippen molar-refractivity contribution in [3.63, 3.8) is 0 Å². The summed E-state index contributed by atoms with van der Waals surface area (Å²) in [6.45, 7) is 3.59. The maximum absolute atomic E-state index is 11.6. The number of carbonyl (C=O) groups is 1. The van der Waals surface area contributed by atoms with E-state index in [4.69, 9.17) is 10.5 Å². The van der Waals surface area contributed by atoms with Crippen LogP contribution < -0.4 is 15.4 Å². The number of thiophene rings is 1. The molecule has 0 spiro atoms. The van der Waals surface area contributed by atoms with Crippen molar-refractivity contribution in [2.45, 2.75) is 32.6 Å². The average Bonchev–Trinajstić information content (AvgIpc) is 2.54. The number of ether oxygens (including phenoxy) is 1. The van der Waals surface area contributed by atoms with Gasteiger partial charge in [0.05, 0.1) is 17.7 Å². The van der Waals surface area contributed by atoms with E-state index in [1.807, 2.05) is 0 Å². The molecule has 18 heavy (non-hydrogen) atoms. The van der Waals surface area contributed by atoms with Crippen LogP contribution in [0.1, 0.15) is 42.3 Å². The van der Waals surface area contributed by atoms with E-state index >= 15 is 0 Å². The molecule has 0 aromatic carbocycles. The smallest absolute Gasteiger partial charge is 0.177 e. The number of hydrogen-bond acceptors (Lipinski definition) is 5. The standard InChI is InChI=1S/C13H20N2O2S/c1-9(16)12-10(14)11(17-2)13(18-12)15-7-5-3-4-6-8-15/h3-8,14H2,1-2H3. The molecule has 1 aliphatic rings. The van der Waals surface area contributed by atoms with Crippen molar-refractivity contribution in [3.8, 4) is 5.75 Å². The Morgan fingerprint density at radius 2 is 1.89 bits per heavy atom. The van der Waals surface area contributed by atoms with Crippen molar-refractivity contribution in [3.05, 3.63) is 4.88 Å². The number of Topliss-reactive ketones (excluding diaryl/α,β-unsaturated/α-hetero) is 1. The molecule has 1 aliphatic heterocycles. The summed E-state index contributed by atoms with van der Waals surface area (Å²) in [5.74, 6) is 0.684. The van der Waals surface area contributed by atoms with Crippen molar-refractivity contribution in [2.75, 3.05) is 30.8 Å². The second-order valence-corrected chi connectivity index (χ2v) is 5.64. The first-order chi connectivity index (χ1) is 8.65. The molecule has 100 valence electrons. The number of anilines is 2. The minimum atomic E-state index is 0.0110. The number of nitrogens with two attached hydrogens (primary N) is 1. The Hall–Kier alpha value is -1.23. The summed E-state index contributed by atoms with van der Waals surface area (Å²) in [5.41, 5.74) is 6.49. The second-order valence-electron chi connectivity index (χ2n) is 4.64. The molecule has 0 bridgehead atoms. The second kappa shape index (κ2) is 5.61. The minimum absolute atomic E-state index is 0.0110. The normalized spacial score (nSPS) is 16.4. The van der Waals surface area contributed by atoms with Crippen molar-refractivity contribution >= 4 is 27.8 Å². The van der Waals surface area contributed by atoms with Gasteiger partial charge in [-0.15, -0.1) is 11.3 Å². The summed E-state index contributed by atoms with van der Waals surface area (Å²) < 4.78 is 5.39. The Bertz CT molecular complexity index is 434. The molecule has 2 rings (SSSR count). The fourth-order valence-electron chi connectivity index (χ4n) is 2.36. The van der Waals surface area contributed by atoms with Crippen LogP contribution >= 0.6 is 11.3 Å². The van der Waals surface area contributed by atoms with Gasteiger partial charge in [-0.1, -0.05) is 12.8 Å². The van der Waals surface area contributed by atoms with Gasteiger partial charge < -0.3 is 15.4 Å². The number of carbonyl (C=O) groups excluding carboxylic acids is 1. The number of ketones is 1. The lowest BCUT2D eigenvalue weighted by Crippen LogP contribution is -2.23. The first-order valence-corrected chi connectivity index (χ1v) is 7.19. The average molecular weight is 268 g/mol. The largest absolute Gasteiger partial charge is 0.492 e. The van der Waals surface area contributed by atoms with Crippen LogP contribution in [0.25, 0.3) is 0 Å². The van der Waals surface area contributed by atoms with E-state index in [0.29, 0.717) is 16.3 Å². The van der Waals surface area contributed by atoms with Gasteiger partial charge in [0.1, 0.15) is 5.00 Å². The quantitative estimate of drug-likeness (QED) is 0.856. The molecule has 2 N–H and O–H groups in total. The van der Waals surface area contributed by atoms with Crippen LogP contribution in [-0.2, 0) is 0 Å². The molecule has 1 aromatic heterocycles. The van der Waals surface area contributed by atoms with Crippen molar-refractivity contribution < 1.29 is 9.53 Å². The minimum Gasteiger partial charge on any atom is -0.492 e. The molecule has 1 saturated heterocycles. The van der Waals surface area contributed by atoms with Crippen LogP contribution in [-0.4, -0.2) is 26.0 Å². The van der Waals surface area contributed by atoms with Gasteiger partial charge in [-0.05, 0) is 12.8 Å². The van der Waals surface area contributed by atoms with Gasteiger partial charge in [-0.3, -0.25) is 4.79 Å². The summed E-state index contributed by atoms with van der Waals surface area (Å²) in [7, 11) is 1.61.